The molecule has 0 heterocycles. The Morgan fingerprint density at radius 1 is 0.889 bits per heavy atom. The average Bonchev–Trinajstić information content (AvgIpc) is 2.36. The quantitative estimate of drug-likeness (QED) is 0.307. The highest BCUT2D eigenvalue weighted by molar-refractivity contribution is 5.65. The van der Waals surface area contributed by atoms with Gasteiger partial charge in [-0.1, -0.05) is 32.1 Å². The van der Waals surface area contributed by atoms with E-state index >= 15 is 0 Å². The van der Waals surface area contributed by atoms with Gasteiger partial charge >= 0.3 is 5.97 Å². The fourth-order valence-electron chi connectivity index (χ4n) is 1.84. The van der Waals surface area contributed by atoms with Crippen molar-refractivity contribution in [3.05, 3.63) is 0 Å². The molecule has 0 bridgehead atoms. The van der Waals surface area contributed by atoms with Gasteiger partial charge in [0, 0.05) is 21.1 Å². The van der Waals surface area contributed by atoms with Crippen molar-refractivity contribution in [1.82, 2.24) is 0 Å². The van der Waals surface area contributed by atoms with Crippen molar-refractivity contribution in [2.75, 3.05) is 20.8 Å². The van der Waals surface area contributed by atoms with E-state index in [9.17, 15) is 4.79 Å². The van der Waals surface area contributed by atoms with Crippen LogP contribution in [0, 0.1) is 0 Å². The van der Waals surface area contributed by atoms with E-state index in [2.05, 4.69) is 0 Å². The Morgan fingerprint density at radius 3 is 1.89 bits per heavy atom. The third-order valence-corrected chi connectivity index (χ3v) is 2.92. The number of carbonyl (C=O) groups is 1. The Bertz CT molecular complexity index is 190. The molecular weight excluding hydrogens is 232 g/mol. The van der Waals surface area contributed by atoms with E-state index in [0.29, 0.717) is 6.61 Å². The van der Waals surface area contributed by atoms with Gasteiger partial charge in [-0.25, -0.2) is 0 Å². The molecule has 0 saturated heterocycles. The molecule has 4 heteroatoms. The van der Waals surface area contributed by atoms with Crippen LogP contribution in [0.25, 0.3) is 0 Å². The Morgan fingerprint density at radius 2 is 1.39 bits per heavy atom. The van der Waals surface area contributed by atoms with Crippen molar-refractivity contribution in [3.8, 4) is 0 Å². The van der Waals surface area contributed by atoms with Gasteiger partial charge in [0.15, 0.2) is 6.29 Å². The molecular formula is C14H28O4. The first kappa shape index (κ1) is 17.4. The lowest BCUT2D eigenvalue weighted by Crippen LogP contribution is -2.12. The minimum absolute atomic E-state index is 0.0475. The van der Waals surface area contributed by atoms with Crippen LogP contribution in [0.2, 0.25) is 0 Å². The van der Waals surface area contributed by atoms with Crippen LogP contribution in [-0.2, 0) is 19.0 Å². The molecule has 0 aromatic rings. The van der Waals surface area contributed by atoms with E-state index in [4.69, 9.17) is 14.2 Å². The van der Waals surface area contributed by atoms with Gasteiger partial charge in [0.1, 0.15) is 0 Å². The van der Waals surface area contributed by atoms with Gasteiger partial charge in [-0.2, -0.15) is 0 Å². The number of hydrogen-bond donors (Lipinski definition) is 0. The Balaban J connectivity index is 3.09. The zero-order chi connectivity index (χ0) is 13.6. The fraction of sp³-hybridized carbons (Fsp3) is 0.929. The normalized spacial score (nSPS) is 10.9. The van der Waals surface area contributed by atoms with Crippen LogP contribution in [0.4, 0.5) is 0 Å². The van der Waals surface area contributed by atoms with Crippen LogP contribution in [-0.4, -0.2) is 33.1 Å². The largest absolute Gasteiger partial charge is 0.466 e. The standard InChI is InChI=1S/C14H28O4/c1-13(15)18-12-10-8-6-4-5-7-9-11-14(16-2)17-3/h14H,4-12H2,1-3H3. The van der Waals surface area contributed by atoms with Crippen molar-refractivity contribution >= 4 is 5.97 Å². The molecule has 18 heavy (non-hydrogen) atoms. The molecule has 0 radical (unpaired) electrons. The molecule has 0 unspecified atom stereocenters. The fourth-order valence-corrected chi connectivity index (χ4v) is 1.84. The monoisotopic (exact) mass is 260 g/mol. The van der Waals surface area contributed by atoms with E-state index < -0.39 is 0 Å². The van der Waals surface area contributed by atoms with Crippen LogP contribution < -0.4 is 0 Å². The number of esters is 1. The second-order valence-corrected chi connectivity index (χ2v) is 4.50. The van der Waals surface area contributed by atoms with Gasteiger partial charge in [0.25, 0.3) is 0 Å². The molecule has 0 N–H and O–H groups in total. The van der Waals surface area contributed by atoms with E-state index in [0.717, 1.165) is 25.7 Å². The summed E-state index contributed by atoms with van der Waals surface area (Å²) < 4.78 is 15.1. The van der Waals surface area contributed by atoms with Gasteiger partial charge in [-0.3, -0.25) is 4.79 Å². The second-order valence-electron chi connectivity index (χ2n) is 4.50. The first-order chi connectivity index (χ1) is 8.70. The maximum atomic E-state index is 10.5. The van der Waals surface area contributed by atoms with Crippen LogP contribution in [0.1, 0.15) is 58.3 Å². The summed E-state index contributed by atoms with van der Waals surface area (Å²) >= 11 is 0. The van der Waals surface area contributed by atoms with E-state index in [1.54, 1.807) is 14.2 Å². The van der Waals surface area contributed by atoms with Crippen molar-refractivity contribution in [2.45, 2.75) is 64.6 Å². The third-order valence-electron chi connectivity index (χ3n) is 2.92. The molecule has 108 valence electrons. The van der Waals surface area contributed by atoms with E-state index in [1.807, 2.05) is 0 Å². The Kier molecular flexibility index (Phi) is 12.4. The maximum Gasteiger partial charge on any atom is 0.302 e. The summed E-state index contributed by atoms with van der Waals surface area (Å²) in [5.74, 6) is -0.180. The van der Waals surface area contributed by atoms with Gasteiger partial charge < -0.3 is 14.2 Å². The van der Waals surface area contributed by atoms with Crippen molar-refractivity contribution in [3.63, 3.8) is 0 Å². The van der Waals surface area contributed by atoms with Crippen molar-refractivity contribution in [1.29, 1.82) is 0 Å². The number of ether oxygens (including phenoxy) is 3. The predicted molar refractivity (Wildman–Crippen MR) is 71.4 cm³/mol. The minimum Gasteiger partial charge on any atom is -0.466 e. The molecule has 0 aliphatic heterocycles. The van der Waals surface area contributed by atoms with E-state index in [1.165, 1.54) is 32.6 Å². The summed E-state index contributed by atoms with van der Waals surface area (Å²) in [5, 5.41) is 0. The molecule has 0 spiro atoms. The predicted octanol–water partition coefficient (Wildman–Crippen LogP) is 3.29. The number of unbranched alkanes of at least 4 members (excludes halogenated alkanes) is 6. The zero-order valence-corrected chi connectivity index (χ0v) is 12.1. The maximum absolute atomic E-state index is 10.5. The molecule has 0 aromatic carbocycles. The molecule has 0 aromatic heterocycles. The number of hydrogen-bond acceptors (Lipinski definition) is 4. The number of rotatable bonds is 12. The average molecular weight is 260 g/mol. The highest BCUT2D eigenvalue weighted by Crippen LogP contribution is 2.11. The SMILES string of the molecule is COC(CCCCCCCCCOC(C)=O)OC. The van der Waals surface area contributed by atoms with Crippen LogP contribution in [0.5, 0.6) is 0 Å². The lowest BCUT2D eigenvalue weighted by Gasteiger charge is -2.12. The summed E-state index contributed by atoms with van der Waals surface area (Å²) in [6.07, 6.45) is 9.17. The van der Waals surface area contributed by atoms with Crippen molar-refractivity contribution in [2.24, 2.45) is 0 Å². The van der Waals surface area contributed by atoms with Gasteiger partial charge in [-0.15, -0.1) is 0 Å². The molecule has 0 aliphatic rings. The van der Waals surface area contributed by atoms with Crippen LogP contribution >= 0.6 is 0 Å². The Hall–Kier alpha value is -0.610. The summed E-state index contributed by atoms with van der Waals surface area (Å²) in [6, 6.07) is 0. The smallest absolute Gasteiger partial charge is 0.302 e. The summed E-state index contributed by atoms with van der Waals surface area (Å²) in [7, 11) is 3.36. The first-order valence-electron chi connectivity index (χ1n) is 6.89. The van der Waals surface area contributed by atoms with Crippen LogP contribution in [0.3, 0.4) is 0 Å². The van der Waals surface area contributed by atoms with Crippen LogP contribution in [0.15, 0.2) is 0 Å². The van der Waals surface area contributed by atoms with Crippen molar-refractivity contribution < 1.29 is 19.0 Å². The molecule has 0 amide bonds. The van der Waals surface area contributed by atoms with Gasteiger partial charge in [0.05, 0.1) is 6.61 Å². The molecule has 0 fully saturated rings. The highest BCUT2D eigenvalue weighted by atomic mass is 16.7. The summed E-state index contributed by atoms with van der Waals surface area (Å²) in [5.41, 5.74) is 0. The molecule has 0 aliphatic carbocycles. The molecule has 0 atom stereocenters. The van der Waals surface area contributed by atoms with Gasteiger partial charge in [0.2, 0.25) is 0 Å². The Labute approximate surface area is 111 Å². The second kappa shape index (κ2) is 12.8. The number of carbonyl (C=O) groups excluding carboxylic acids is 1. The topological polar surface area (TPSA) is 44.8 Å². The minimum atomic E-state index is -0.180. The van der Waals surface area contributed by atoms with Gasteiger partial charge in [-0.05, 0) is 19.3 Å². The summed E-state index contributed by atoms with van der Waals surface area (Å²) in [4.78, 5) is 10.5. The van der Waals surface area contributed by atoms with E-state index in [-0.39, 0.29) is 12.3 Å². The number of methoxy groups -OCH3 is 2. The molecule has 4 nitrogen and oxygen atoms in total. The summed E-state index contributed by atoms with van der Waals surface area (Å²) in [6.45, 7) is 2.02. The zero-order valence-electron chi connectivity index (χ0n) is 12.1. The lowest BCUT2D eigenvalue weighted by molar-refractivity contribution is -0.141. The highest BCUT2D eigenvalue weighted by Gasteiger charge is 2.03. The third kappa shape index (κ3) is 11.9. The molecule has 0 rings (SSSR count). The lowest BCUT2D eigenvalue weighted by atomic mass is 10.1. The first-order valence-corrected chi connectivity index (χ1v) is 6.89. The molecule has 0 saturated carbocycles.